The van der Waals surface area contributed by atoms with Gasteiger partial charge >= 0.3 is 0 Å². The molecule has 4 rings (SSSR count). The molecule has 0 aliphatic carbocycles. The molecule has 2 fully saturated rings. The van der Waals surface area contributed by atoms with Crippen molar-refractivity contribution in [1.82, 2.24) is 9.80 Å². The number of ether oxygens (including phenoxy) is 1. The molecular weight excluding hydrogens is 452 g/mol. The van der Waals surface area contributed by atoms with E-state index in [-0.39, 0.29) is 30.0 Å². The van der Waals surface area contributed by atoms with E-state index >= 15 is 0 Å². The summed E-state index contributed by atoms with van der Waals surface area (Å²) < 4.78 is 33.7. The van der Waals surface area contributed by atoms with Crippen molar-refractivity contribution in [2.24, 2.45) is 17.6 Å². The van der Waals surface area contributed by atoms with Crippen molar-refractivity contribution in [3.8, 4) is 5.75 Å². The van der Waals surface area contributed by atoms with E-state index in [9.17, 15) is 18.4 Å². The molecule has 0 radical (unpaired) electrons. The van der Waals surface area contributed by atoms with Crippen LogP contribution in [0.5, 0.6) is 5.75 Å². The van der Waals surface area contributed by atoms with Crippen LogP contribution in [0, 0.1) is 30.4 Å². The SMILES string of the molecule is COc1cc(F)c(C(=O)N2CC3CN(C(CC(N)=O)c4ccc(C)c(Cl)c4)CC3C2)c(F)c1. The maximum atomic E-state index is 14.4. The lowest BCUT2D eigenvalue weighted by Gasteiger charge is -2.29. The molecule has 2 aromatic rings. The van der Waals surface area contributed by atoms with E-state index in [1.54, 1.807) is 0 Å². The fourth-order valence-electron chi connectivity index (χ4n) is 4.94. The van der Waals surface area contributed by atoms with Gasteiger partial charge in [-0.15, -0.1) is 0 Å². The molecule has 2 amide bonds. The first-order valence-corrected chi connectivity index (χ1v) is 11.2. The number of fused-ring (bicyclic) bond motifs is 1. The Hall–Kier alpha value is -2.71. The number of methoxy groups -OCH3 is 1. The maximum Gasteiger partial charge on any atom is 0.259 e. The van der Waals surface area contributed by atoms with Crippen molar-refractivity contribution in [1.29, 1.82) is 0 Å². The van der Waals surface area contributed by atoms with Crippen molar-refractivity contribution in [2.45, 2.75) is 19.4 Å². The summed E-state index contributed by atoms with van der Waals surface area (Å²) in [5.74, 6) is -2.65. The third-order valence-electron chi connectivity index (χ3n) is 6.68. The Labute approximate surface area is 196 Å². The predicted octanol–water partition coefficient (Wildman–Crippen LogP) is 3.56. The third-order valence-corrected chi connectivity index (χ3v) is 7.09. The van der Waals surface area contributed by atoms with Crippen LogP contribution in [0.4, 0.5) is 8.78 Å². The fraction of sp³-hybridized carbons (Fsp3) is 0.417. The summed E-state index contributed by atoms with van der Waals surface area (Å²) in [7, 11) is 1.30. The summed E-state index contributed by atoms with van der Waals surface area (Å²) in [5, 5.41) is 0.627. The van der Waals surface area contributed by atoms with Gasteiger partial charge in [-0.1, -0.05) is 23.7 Å². The van der Waals surface area contributed by atoms with E-state index < -0.39 is 29.0 Å². The number of rotatable bonds is 6. The van der Waals surface area contributed by atoms with Gasteiger partial charge in [-0.05, 0) is 36.0 Å². The number of amides is 2. The molecule has 0 aromatic heterocycles. The Kier molecular flexibility index (Phi) is 6.59. The van der Waals surface area contributed by atoms with Gasteiger partial charge in [-0.2, -0.15) is 0 Å². The molecule has 9 heteroatoms. The number of halogens is 3. The van der Waals surface area contributed by atoms with Crippen LogP contribution in [0.15, 0.2) is 30.3 Å². The lowest BCUT2D eigenvalue weighted by Crippen LogP contribution is -2.36. The van der Waals surface area contributed by atoms with Crippen LogP contribution in [0.2, 0.25) is 5.02 Å². The monoisotopic (exact) mass is 477 g/mol. The molecule has 2 aliphatic rings. The summed E-state index contributed by atoms with van der Waals surface area (Å²) in [6.45, 7) is 3.98. The zero-order chi connectivity index (χ0) is 23.9. The Morgan fingerprint density at radius 3 is 2.24 bits per heavy atom. The molecule has 0 saturated carbocycles. The molecule has 176 valence electrons. The lowest BCUT2D eigenvalue weighted by atomic mass is 10.0. The van der Waals surface area contributed by atoms with Gasteiger partial charge in [-0.3, -0.25) is 14.5 Å². The number of benzene rings is 2. The summed E-state index contributed by atoms with van der Waals surface area (Å²) in [6.07, 6.45) is 0.156. The van der Waals surface area contributed by atoms with Crippen LogP contribution >= 0.6 is 11.6 Å². The first-order chi connectivity index (χ1) is 15.7. The molecule has 2 heterocycles. The number of hydrogen-bond donors (Lipinski definition) is 1. The molecule has 33 heavy (non-hydrogen) atoms. The second kappa shape index (κ2) is 9.27. The second-order valence-electron chi connectivity index (χ2n) is 8.85. The normalized spacial score (nSPS) is 21.2. The first-order valence-electron chi connectivity index (χ1n) is 10.8. The van der Waals surface area contributed by atoms with Crippen molar-refractivity contribution in [3.05, 3.63) is 63.7 Å². The van der Waals surface area contributed by atoms with Crippen molar-refractivity contribution >= 4 is 23.4 Å². The van der Waals surface area contributed by atoms with E-state index in [1.807, 2.05) is 25.1 Å². The maximum absolute atomic E-state index is 14.4. The Morgan fingerprint density at radius 1 is 1.12 bits per heavy atom. The summed E-state index contributed by atoms with van der Waals surface area (Å²) in [5.41, 5.74) is 6.83. The highest BCUT2D eigenvalue weighted by atomic mass is 35.5. The third kappa shape index (κ3) is 4.68. The minimum Gasteiger partial charge on any atom is -0.497 e. The Bertz CT molecular complexity index is 1060. The number of primary amides is 1. The van der Waals surface area contributed by atoms with Crippen LogP contribution in [0.25, 0.3) is 0 Å². The molecule has 6 nitrogen and oxygen atoms in total. The first kappa shape index (κ1) is 23.4. The highest BCUT2D eigenvalue weighted by molar-refractivity contribution is 6.31. The number of aryl methyl sites for hydroxylation is 1. The smallest absolute Gasteiger partial charge is 0.259 e. The number of nitrogens with two attached hydrogens (primary N) is 1. The van der Waals surface area contributed by atoms with Crippen LogP contribution in [-0.4, -0.2) is 54.9 Å². The minimum absolute atomic E-state index is 0.0205. The number of carbonyl (C=O) groups excluding carboxylic acids is 2. The van der Waals surface area contributed by atoms with E-state index in [1.165, 1.54) is 12.0 Å². The van der Waals surface area contributed by atoms with Crippen LogP contribution in [0.3, 0.4) is 0 Å². The summed E-state index contributed by atoms with van der Waals surface area (Å²) >= 11 is 6.31. The van der Waals surface area contributed by atoms with E-state index in [2.05, 4.69) is 4.90 Å². The number of carbonyl (C=O) groups is 2. The largest absolute Gasteiger partial charge is 0.497 e. The van der Waals surface area contributed by atoms with Gasteiger partial charge in [0.2, 0.25) is 5.91 Å². The average Bonchev–Trinajstić information content (AvgIpc) is 3.32. The van der Waals surface area contributed by atoms with E-state index in [0.717, 1.165) is 23.3 Å². The molecule has 0 bridgehead atoms. The molecule has 3 atom stereocenters. The Balaban J connectivity index is 1.48. The van der Waals surface area contributed by atoms with Crippen LogP contribution < -0.4 is 10.5 Å². The minimum atomic E-state index is -0.937. The van der Waals surface area contributed by atoms with Gasteiger partial charge < -0.3 is 15.4 Å². The summed E-state index contributed by atoms with van der Waals surface area (Å²) in [6, 6.07) is 7.54. The van der Waals surface area contributed by atoms with Crippen LogP contribution in [0.1, 0.15) is 33.9 Å². The molecule has 2 aromatic carbocycles. The highest BCUT2D eigenvalue weighted by Crippen LogP contribution is 2.38. The van der Waals surface area contributed by atoms with Gasteiger partial charge in [0.15, 0.2) is 0 Å². The second-order valence-corrected chi connectivity index (χ2v) is 9.25. The fourth-order valence-corrected chi connectivity index (χ4v) is 5.13. The highest BCUT2D eigenvalue weighted by Gasteiger charge is 2.44. The molecular formula is C24H26ClF2N3O3. The Morgan fingerprint density at radius 2 is 1.73 bits per heavy atom. The zero-order valence-corrected chi connectivity index (χ0v) is 19.2. The molecule has 0 spiro atoms. The quantitative estimate of drug-likeness (QED) is 0.690. The van der Waals surface area contributed by atoms with Gasteiger partial charge in [0.1, 0.15) is 22.9 Å². The van der Waals surface area contributed by atoms with E-state index in [4.69, 9.17) is 22.1 Å². The van der Waals surface area contributed by atoms with E-state index in [0.29, 0.717) is 31.2 Å². The van der Waals surface area contributed by atoms with Gasteiger partial charge in [0, 0.05) is 55.8 Å². The number of nitrogens with zero attached hydrogens (tertiary/aromatic N) is 2. The van der Waals surface area contributed by atoms with Crippen LogP contribution in [-0.2, 0) is 4.79 Å². The molecule has 2 saturated heterocycles. The van der Waals surface area contributed by atoms with Gasteiger partial charge in [0.25, 0.3) is 5.91 Å². The average molecular weight is 478 g/mol. The summed E-state index contributed by atoms with van der Waals surface area (Å²) in [4.78, 5) is 28.4. The van der Waals surface area contributed by atoms with Gasteiger partial charge in [-0.25, -0.2) is 8.78 Å². The van der Waals surface area contributed by atoms with Crippen molar-refractivity contribution in [3.63, 3.8) is 0 Å². The topological polar surface area (TPSA) is 75.9 Å². The number of likely N-dealkylation sites (tertiary alicyclic amines) is 2. The molecule has 3 unspecified atom stereocenters. The van der Waals surface area contributed by atoms with Crippen molar-refractivity contribution in [2.75, 3.05) is 33.3 Å². The van der Waals surface area contributed by atoms with Gasteiger partial charge in [0.05, 0.1) is 7.11 Å². The predicted molar refractivity (Wildman–Crippen MR) is 120 cm³/mol. The number of hydrogen-bond acceptors (Lipinski definition) is 4. The lowest BCUT2D eigenvalue weighted by molar-refractivity contribution is -0.119. The standard InChI is InChI=1S/C24H26ClF2N3O3/c1-13-3-4-14(5-18(13)25)21(8-22(28)31)29-9-15-11-30(12-16(15)10-29)24(32)23-19(26)6-17(33-2)7-20(23)27/h3-7,15-16,21H,8-12H2,1-2H3,(H2,28,31). The molecule has 2 aliphatic heterocycles. The molecule has 2 N–H and O–H groups in total. The zero-order valence-electron chi connectivity index (χ0n) is 18.5. The van der Waals surface area contributed by atoms with Crippen molar-refractivity contribution < 1.29 is 23.1 Å².